The van der Waals surface area contributed by atoms with Crippen molar-refractivity contribution in [2.75, 3.05) is 20.1 Å². The lowest BCUT2D eigenvalue weighted by atomic mass is 9.91. The number of rotatable bonds is 7. The third-order valence-electron chi connectivity index (χ3n) is 4.62. The minimum atomic E-state index is -1.14. The molecule has 25 heavy (non-hydrogen) atoms. The Morgan fingerprint density at radius 3 is 2.56 bits per heavy atom. The van der Waals surface area contributed by atoms with E-state index in [1.807, 2.05) is 6.92 Å². The molecule has 1 aromatic carbocycles. The van der Waals surface area contributed by atoms with Gasteiger partial charge in [0.05, 0.1) is 11.5 Å². The Balaban J connectivity index is 1.94. The van der Waals surface area contributed by atoms with Crippen LogP contribution in [0.25, 0.3) is 0 Å². The second-order valence-corrected chi connectivity index (χ2v) is 6.80. The third kappa shape index (κ3) is 4.35. The Hall–Kier alpha value is -1.99. The molecular weight excluding hydrogens is 327 g/mol. The van der Waals surface area contributed by atoms with Crippen molar-refractivity contribution in [3.05, 3.63) is 35.1 Å². The number of amides is 2. The molecule has 2 rings (SSSR count). The lowest BCUT2D eigenvalue weighted by Crippen LogP contribution is -2.45. The van der Waals surface area contributed by atoms with Gasteiger partial charge in [-0.3, -0.25) is 9.59 Å². The van der Waals surface area contributed by atoms with E-state index >= 15 is 0 Å². The number of likely N-dealkylation sites (N-methyl/N-ethyl adjacent to an activating group) is 1. The highest BCUT2D eigenvalue weighted by molar-refractivity contribution is 5.91. The molecule has 1 fully saturated rings. The van der Waals surface area contributed by atoms with E-state index in [2.05, 4.69) is 5.32 Å². The van der Waals surface area contributed by atoms with E-state index in [0.29, 0.717) is 18.4 Å². The van der Waals surface area contributed by atoms with Crippen LogP contribution in [0.15, 0.2) is 18.2 Å². The molecule has 2 amide bonds. The van der Waals surface area contributed by atoms with Crippen LogP contribution in [0.2, 0.25) is 0 Å². The van der Waals surface area contributed by atoms with E-state index in [1.54, 1.807) is 6.07 Å². The summed E-state index contributed by atoms with van der Waals surface area (Å²) in [5.74, 6) is -1.12. The van der Waals surface area contributed by atoms with Crippen LogP contribution in [0.1, 0.15) is 30.9 Å². The predicted molar refractivity (Wildman–Crippen MR) is 90.4 cm³/mol. The summed E-state index contributed by atoms with van der Waals surface area (Å²) in [5.41, 5.74) is 0.811. The molecule has 0 bridgehead atoms. The summed E-state index contributed by atoms with van der Waals surface area (Å²) in [4.78, 5) is 25.4. The van der Waals surface area contributed by atoms with Gasteiger partial charge in [-0.1, -0.05) is 6.07 Å². The molecule has 1 aromatic rings. The topological polar surface area (TPSA) is 89.9 Å². The first-order valence-corrected chi connectivity index (χ1v) is 8.33. The molecule has 1 aliphatic carbocycles. The fraction of sp³-hybridized carbons (Fsp3) is 0.556. The molecule has 0 radical (unpaired) electrons. The fourth-order valence-electron chi connectivity index (χ4n) is 3.02. The van der Waals surface area contributed by atoms with E-state index in [9.17, 15) is 24.2 Å². The van der Waals surface area contributed by atoms with E-state index in [4.69, 9.17) is 0 Å². The summed E-state index contributed by atoms with van der Waals surface area (Å²) >= 11 is 0. The zero-order valence-corrected chi connectivity index (χ0v) is 14.8. The first-order chi connectivity index (χ1) is 11.7. The highest BCUT2D eigenvalue weighted by Crippen LogP contribution is 2.49. The molecule has 6 nitrogen and oxygen atoms in total. The number of hydrogen-bond donors (Lipinski definition) is 3. The van der Waals surface area contributed by atoms with Crippen molar-refractivity contribution in [2.24, 2.45) is 0 Å². The van der Waals surface area contributed by atoms with Gasteiger partial charge in [0.25, 0.3) is 5.91 Å². The lowest BCUT2D eigenvalue weighted by Gasteiger charge is -2.23. The molecular formula is C18H25FN2O4. The molecule has 138 valence electrons. The smallest absolute Gasteiger partial charge is 0.250 e. The molecule has 0 spiro atoms. The van der Waals surface area contributed by atoms with Gasteiger partial charge >= 0.3 is 0 Å². The first kappa shape index (κ1) is 19.3. The Morgan fingerprint density at radius 1 is 1.36 bits per heavy atom. The highest BCUT2D eigenvalue weighted by atomic mass is 19.1. The van der Waals surface area contributed by atoms with E-state index in [-0.39, 0.29) is 24.8 Å². The van der Waals surface area contributed by atoms with Crippen LogP contribution in [0.3, 0.4) is 0 Å². The van der Waals surface area contributed by atoms with Gasteiger partial charge in [-0.15, -0.1) is 0 Å². The van der Waals surface area contributed by atoms with Crippen LogP contribution in [0.5, 0.6) is 0 Å². The summed E-state index contributed by atoms with van der Waals surface area (Å²) < 4.78 is 13.5. The highest BCUT2D eigenvalue weighted by Gasteiger charge is 2.52. The van der Waals surface area contributed by atoms with Crippen LogP contribution >= 0.6 is 0 Å². The minimum Gasteiger partial charge on any atom is -0.389 e. The molecule has 0 saturated heterocycles. The number of benzene rings is 1. The van der Waals surface area contributed by atoms with Crippen LogP contribution in [0.4, 0.5) is 4.39 Å². The lowest BCUT2D eigenvalue weighted by molar-refractivity contribution is -0.139. The normalized spacial score (nSPS) is 17.5. The number of carbonyl (C=O) groups excluding carboxylic acids is 2. The molecule has 7 heteroatoms. The van der Waals surface area contributed by atoms with Crippen molar-refractivity contribution in [2.45, 2.75) is 44.3 Å². The molecule has 2 unspecified atom stereocenters. The molecule has 2 atom stereocenters. The fourth-order valence-corrected chi connectivity index (χ4v) is 3.02. The monoisotopic (exact) mass is 352 g/mol. The second-order valence-electron chi connectivity index (χ2n) is 6.80. The number of carbonyl (C=O) groups is 2. The molecule has 1 aliphatic rings. The van der Waals surface area contributed by atoms with Crippen molar-refractivity contribution in [3.8, 4) is 0 Å². The van der Waals surface area contributed by atoms with E-state index < -0.39 is 23.5 Å². The van der Waals surface area contributed by atoms with Crippen molar-refractivity contribution >= 4 is 11.8 Å². The molecule has 3 N–H and O–H groups in total. The van der Waals surface area contributed by atoms with Gasteiger partial charge in [0.15, 0.2) is 0 Å². The van der Waals surface area contributed by atoms with Crippen molar-refractivity contribution in [1.82, 2.24) is 10.2 Å². The third-order valence-corrected chi connectivity index (χ3v) is 4.62. The zero-order valence-electron chi connectivity index (χ0n) is 14.8. The summed E-state index contributed by atoms with van der Waals surface area (Å²) in [6, 6.07) is 4.42. The Bertz CT molecular complexity index is 658. The first-order valence-electron chi connectivity index (χ1n) is 8.33. The van der Waals surface area contributed by atoms with Gasteiger partial charge in [-0.25, -0.2) is 4.39 Å². The van der Waals surface area contributed by atoms with Gasteiger partial charge in [-0.2, -0.15) is 0 Å². The largest absolute Gasteiger partial charge is 0.389 e. The van der Waals surface area contributed by atoms with Crippen LogP contribution in [0, 0.1) is 12.7 Å². The van der Waals surface area contributed by atoms with E-state index in [0.717, 1.165) is 5.56 Å². The quantitative estimate of drug-likeness (QED) is 0.666. The molecule has 0 aliphatic heterocycles. The maximum Gasteiger partial charge on any atom is 0.250 e. The molecule has 1 saturated carbocycles. The number of nitrogens with zero attached hydrogens (tertiary/aromatic N) is 1. The zero-order chi connectivity index (χ0) is 18.8. The number of aryl methyl sites for hydroxylation is 1. The SMILES string of the molecule is Cc1ccc(F)cc1C1(C(=O)NCC(O)CN(C)C(=O)C(C)O)CC1. The van der Waals surface area contributed by atoms with Gasteiger partial charge in [-0.05, 0) is 49.9 Å². The summed E-state index contributed by atoms with van der Waals surface area (Å²) in [6.07, 6.45) is -0.822. The summed E-state index contributed by atoms with van der Waals surface area (Å²) in [7, 11) is 1.47. The van der Waals surface area contributed by atoms with E-state index in [1.165, 1.54) is 31.0 Å². The summed E-state index contributed by atoms with van der Waals surface area (Å²) in [6.45, 7) is 3.17. The average molecular weight is 352 g/mol. The minimum absolute atomic E-state index is 0.00396. The number of hydrogen-bond acceptors (Lipinski definition) is 4. The number of halogens is 1. The summed E-state index contributed by atoms with van der Waals surface area (Å²) in [5, 5.41) is 21.9. The standard InChI is InChI=1S/C18H25FN2O4/c1-11-4-5-13(19)8-15(11)18(6-7-18)17(25)20-9-14(23)10-21(3)16(24)12(2)22/h4-5,8,12,14,22-23H,6-7,9-10H2,1-3H3,(H,20,25). The van der Waals surface area contributed by atoms with Crippen molar-refractivity contribution in [3.63, 3.8) is 0 Å². The maximum absolute atomic E-state index is 13.5. The molecule has 0 heterocycles. The molecule has 0 aromatic heterocycles. The van der Waals surface area contributed by atoms with Gasteiger partial charge in [0.1, 0.15) is 11.9 Å². The Labute approximate surface area is 146 Å². The number of aliphatic hydroxyl groups is 2. The van der Waals surface area contributed by atoms with Gasteiger partial charge in [0.2, 0.25) is 5.91 Å². The van der Waals surface area contributed by atoms with Crippen molar-refractivity contribution < 1.29 is 24.2 Å². The van der Waals surface area contributed by atoms with Gasteiger partial charge in [0, 0.05) is 20.1 Å². The maximum atomic E-state index is 13.5. The number of nitrogens with one attached hydrogen (secondary N) is 1. The van der Waals surface area contributed by atoms with Crippen LogP contribution in [-0.2, 0) is 15.0 Å². The van der Waals surface area contributed by atoms with Crippen LogP contribution < -0.4 is 5.32 Å². The van der Waals surface area contributed by atoms with Crippen LogP contribution in [-0.4, -0.2) is 59.3 Å². The Kier molecular flexibility index (Phi) is 5.80. The predicted octanol–water partition coefficient (Wildman–Crippen LogP) is 0.482. The Morgan fingerprint density at radius 2 is 2.00 bits per heavy atom. The second kappa shape index (κ2) is 7.49. The van der Waals surface area contributed by atoms with Gasteiger partial charge < -0.3 is 20.4 Å². The number of aliphatic hydroxyl groups excluding tert-OH is 2. The van der Waals surface area contributed by atoms with Crippen molar-refractivity contribution in [1.29, 1.82) is 0 Å². The average Bonchev–Trinajstić information content (AvgIpc) is 3.35.